The van der Waals surface area contributed by atoms with Crippen LogP contribution in [0.3, 0.4) is 0 Å². The molecule has 140 valence electrons. The monoisotopic (exact) mass is 367 g/mol. The fourth-order valence-electron chi connectivity index (χ4n) is 2.33. The van der Waals surface area contributed by atoms with Crippen LogP contribution in [0.4, 0.5) is 5.82 Å². The minimum Gasteiger partial charge on any atom is -0.478 e. The van der Waals surface area contributed by atoms with Crippen molar-refractivity contribution in [3.8, 4) is 11.7 Å². The van der Waals surface area contributed by atoms with Crippen LogP contribution >= 0.6 is 0 Å². The molecule has 0 saturated heterocycles. The van der Waals surface area contributed by atoms with Crippen molar-refractivity contribution in [2.24, 2.45) is 0 Å². The highest BCUT2D eigenvalue weighted by Crippen LogP contribution is 2.09. The highest BCUT2D eigenvalue weighted by atomic mass is 16.5. The maximum Gasteiger partial charge on any atom is 0.252 e. The molecule has 0 aromatic carbocycles. The van der Waals surface area contributed by atoms with Crippen LogP contribution in [0.5, 0.6) is 5.88 Å². The number of carbonyl (C=O) groups excluding carboxylic acids is 1. The minimum absolute atomic E-state index is 0.192. The third-order valence-electron chi connectivity index (χ3n) is 3.62. The van der Waals surface area contributed by atoms with E-state index in [4.69, 9.17) is 4.74 Å². The predicted octanol–water partition coefficient (Wildman–Crippen LogP) is 1.61. The van der Waals surface area contributed by atoms with Gasteiger partial charge in [0, 0.05) is 37.6 Å². The van der Waals surface area contributed by atoms with E-state index in [2.05, 4.69) is 30.7 Å². The first kappa shape index (κ1) is 18.3. The quantitative estimate of drug-likeness (QED) is 0.582. The second-order valence-corrected chi connectivity index (χ2v) is 5.66. The first-order valence-corrected chi connectivity index (χ1v) is 8.61. The summed E-state index contributed by atoms with van der Waals surface area (Å²) in [6, 6.07) is 7.06. The van der Waals surface area contributed by atoms with Crippen LogP contribution in [-0.4, -0.2) is 50.3 Å². The number of nitrogens with one attached hydrogen (secondary N) is 2. The Kier molecular flexibility index (Phi) is 5.93. The van der Waals surface area contributed by atoms with Gasteiger partial charge >= 0.3 is 0 Å². The van der Waals surface area contributed by atoms with E-state index < -0.39 is 0 Å². The summed E-state index contributed by atoms with van der Waals surface area (Å²) in [5.41, 5.74) is 1.39. The minimum atomic E-state index is -0.192. The number of rotatable bonds is 8. The van der Waals surface area contributed by atoms with E-state index >= 15 is 0 Å². The summed E-state index contributed by atoms with van der Waals surface area (Å²) in [5, 5.41) is 10.3. The van der Waals surface area contributed by atoms with Gasteiger partial charge in [0.1, 0.15) is 12.1 Å². The number of pyridine rings is 1. The van der Waals surface area contributed by atoms with Crippen LogP contribution in [0.25, 0.3) is 5.82 Å². The van der Waals surface area contributed by atoms with Crippen LogP contribution in [0.1, 0.15) is 23.0 Å². The average Bonchev–Trinajstić information content (AvgIpc) is 3.13. The van der Waals surface area contributed by atoms with Crippen molar-refractivity contribution in [1.29, 1.82) is 0 Å². The van der Waals surface area contributed by atoms with Gasteiger partial charge in [0.15, 0.2) is 5.82 Å². The van der Waals surface area contributed by atoms with Gasteiger partial charge in [-0.25, -0.2) is 19.6 Å². The molecule has 27 heavy (non-hydrogen) atoms. The maximum atomic E-state index is 12.1. The number of hydrogen-bond acceptors (Lipinski definition) is 7. The first-order valence-electron chi connectivity index (χ1n) is 8.61. The van der Waals surface area contributed by atoms with E-state index in [-0.39, 0.29) is 5.91 Å². The van der Waals surface area contributed by atoms with Gasteiger partial charge in [-0.15, -0.1) is 0 Å². The molecule has 9 nitrogen and oxygen atoms in total. The van der Waals surface area contributed by atoms with E-state index in [1.165, 1.54) is 12.5 Å². The van der Waals surface area contributed by atoms with Gasteiger partial charge in [0.2, 0.25) is 5.88 Å². The van der Waals surface area contributed by atoms with Gasteiger partial charge < -0.3 is 15.4 Å². The van der Waals surface area contributed by atoms with Gasteiger partial charge in [-0.2, -0.15) is 5.10 Å². The van der Waals surface area contributed by atoms with Gasteiger partial charge in [0.25, 0.3) is 5.91 Å². The Labute approximate surface area is 156 Å². The Balaban J connectivity index is 1.48. The van der Waals surface area contributed by atoms with Gasteiger partial charge in [-0.1, -0.05) is 0 Å². The number of amides is 1. The lowest BCUT2D eigenvalue weighted by Crippen LogP contribution is -2.29. The largest absolute Gasteiger partial charge is 0.478 e. The summed E-state index contributed by atoms with van der Waals surface area (Å²) in [5.74, 6) is 1.64. The number of aryl methyl sites for hydroxylation is 1. The second-order valence-electron chi connectivity index (χ2n) is 5.66. The number of aromatic nitrogens is 5. The number of anilines is 1. The van der Waals surface area contributed by atoms with E-state index in [1.807, 2.05) is 26.1 Å². The normalized spacial score (nSPS) is 10.4. The number of ether oxygens (including phenoxy) is 1. The molecular weight excluding hydrogens is 346 g/mol. The lowest BCUT2D eigenvalue weighted by Gasteiger charge is -2.08. The fourth-order valence-corrected chi connectivity index (χ4v) is 2.33. The lowest BCUT2D eigenvalue weighted by molar-refractivity contribution is 0.0954. The van der Waals surface area contributed by atoms with Crippen LogP contribution in [-0.2, 0) is 0 Å². The Hall–Kier alpha value is -3.49. The average molecular weight is 367 g/mol. The Morgan fingerprint density at radius 3 is 2.78 bits per heavy atom. The summed E-state index contributed by atoms with van der Waals surface area (Å²) in [6.07, 6.45) is 4.81. The van der Waals surface area contributed by atoms with Crippen LogP contribution < -0.4 is 15.4 Å². The molecule has 0 radical (unpaired) electrons. The molecule has 0 aliphatic rings. The number of nitrogens with zero attached hydrogens (tertiary/aromatic N) is 5. The molecule has 0 atom stereocenters. The zero-order valence-electron chi connectivity index (χ0n) is 15.2. The molecule has 1 amide bonds. The van der Waals surface area contributed by atoms with Crippen LogP contribution in [0.2, 0.25) is 0 Å². The standard InChI is InChI=1S/C18H21N7O2/c1-3-27-17-5-4-14(11-21-17)18(26)20-8-7-19-15-10-16(23-12-22-15)25-9-6-13(2)24-25/h4-6,9-12H,3,7-8H2,1-2H3,(H,20,26)(H,19,22,23). The summed E-state index contributed by atoms with van der Waals surface area (Å²) in [6.45, 7) is 5.29. The molecule has 0 aliphatic carbocycles. The SMILES string of the molecule is CCOc1ccc(C(=O)NCCNc2cc(-n3ccc(C)n3)ncn2)cn1. The molecule has 0 unspecified atom stereocenters. The summed E-state index contributed by atoms with van der Waals surface area (Å²) in [7, 11) is 0. The second kappa shape index (κ2) is 8.75. The number of hydrogen-bond donors (Lipinski definition) is 2. The fraction of sp³-hybridized carbons (Fsp3) is 0.278. The molecule has 0 spiro atoms. The summed E-state index contributed by atoms with van der Waals surface area (Å²) < 4.78 is 6.94. The molecule has 3 aromatic rings. The highest BCUT2D eigenvalue weighted by molar-refractivity contribution is 5.93. The van der Waals surface area contributed by atoms with Crippen molar-refractivity contribution >= 4 is 11.7 Å². The molecule has 0 fully saturated rings. The van der Waals surface area contributed by atoms with Crippen molar-refractivity contribution in [2.75, 3.05) is 25.0 Å². The first-order chi connectivity index (χ1) is 13.2. The smallest absolute Gasteiger partial charge is 0.252 e. The zero-order chi connectivity index (χ0) is 19.1. The summed E-state index contributed by atoms with van der Waals surface area (Å²) >= 11 is 0. The topological polar surface area (TPSA) is 107 Å². The van der Waals surface area contributed by atoms with E-state index in [1.54, 1.807) is 22.9 Å². The van der Waals surface area contributed by atoms with E-state index in [0.717, 1.165) is 5.69 Å². The molecular formula is C18H21N7O2. The van der Waals surface area contributed by atoms with Gasteiger partial charge in [-0.05, 0) is 26.0 Å². The van der Waals surface area contributed by atoms with Gasteiger partial charge in [-0.3, -0.25) is 4.79 Å². The third kappa shape index (κ3) is 5.00. The molecule has 0 aliphatic heterocycles. The van der Waals surface area contributed by atoms with Crippen molar-refractivity contribution in [2.45, 2.75) is 13.8 Å². The molecule has 0 bridgehead atoms. The Morgan fingerprint density at radius 2 is 2.07 bits per heavy atom. The predicted molar refractivity (Wildman–Crippen MR) is 100 cm³/mol. The van der Waals surface area contributed by atoms with Crippen molar-refractivity contribution in [3.05, 3.63) is 54.2 Å². The Bertz CT molecular complexity index is 893. The van der Waals surface area contributed by atoms with Crippen LogP contribution in [0, 0.1) is 6.92 Å². The van der Waals surface area contributed by atoms with E-state index in [9.17, 15) is 4.79 Å². The lowest BCUT2D eigenvalue weighted by atomic mass is 10.2. The third-order valence-corrected chi connectivity index (χ3v) is 3.62. The van der Waals surface area contributed by atoms with Crippen molar-refractivity contribution in [3.63, 3.8) is 0 Å². The van der Waals surface area contributed by atoms with Crippen molar-refractivity contribution < 1.29 is 9.53 Å². The maximum absolute atomic E-state index is 12.1. The van der Waals surface area contributed by atoms with E-state index in [0.29, 0.717) is 42.8 Å². The molecule has 2 N–H and O–H groups in total. The summed E-state index contributed by atoms with van der Waals surface area (Å²) in [4.78, 5) is 24.6. The van der Waals surface area contributed by atoms with Crippen LogP contribution in [0.15, 0.2) is 43.0 Å². The zero-order valence-corrected chi connectivity index (χ0v) is 15.2. The molecule has 3 heterocycles. The van der Waals surface area contributed by atoms with Crippen molar-refractivity contribution in [1.82, 2.24) is 30.0 Å². The molecule has 3 rings (SSSR count). The number of carbonyl (C=O) groups is 1. The van der Waals surface area contributed by atoms with Gasteiger partial charge in [0.05, 0.1) is 17.9 Å². The molecule has 9 heteroatoms. The molecule has 0 saturated carbocycles. The highest BCUT2D eigenvalue weighted by Gasteiger charge is 2.06. The Morgan fingerprint density at radius 1 is 1.19 bits per heavy atom. The molecule has 3 aromatic heterocycles.